The van der Waals surface area contributed by atoms with Gasteiger partial charge in [0.15, 0.2) is 0 Å². The molecule has 7 heteroatoms. The highest BCUT2D eigenvalue weighted by Gasteiger charge is 2.37. The van der Waals surface area contributed by atoms with Gasteiger partial charge in [-0.1, -0.05) is 6.92 Å². The van der Waals surface area contributed by atoms with Crippen LogP contribution in [-0.4, -0.2) is 85.0 Å². The molecule has 0 amide bonds. The van der Waals surface area contributed by atoms with E-state index in [0.717, 1.165) is 13.2 Å². The third kappa shape index (κ3) is 7.01. The Balaban J connectivity index is 0.000000303. The maximum absolute atomic E-state index is 8.66. The lowest BCUT2D eigenvalue weighted by Crippen LogP contribution is -2.48. The fraction of sp³-hybridized carbons (Fsp3) is 1.00. The van der Waals surface area contributed by atoms with Crippen LogP contribution in [-0.2, 0) is 9.47 Å². The number of hydrogen-bond acceptors (Lipinski definition) is 7. The third-order valence-electron chi connectivity index (χ3n) is 3.82. The second kappa shape index (κ2) is 11.3. The Morgan fingerprint density at radius 1 is 0.857 bits per heavy atom. The molecule has 2 fully saturated rings. The first-order valence-electron chi connectivity index (χ1n) is 7.27. The van der Waals surface area contributed by atoms with E-state index in [-0.39, 0.29) is 38.4 Å². The summed E-state index contributed by atoms with van der Waals surface area (Å²) in [5, 5.41) is 43.2. The Morgan fingerprint density at radius 2 is 1.24 bits per heavy atom. The Hall–Kier alpha value is -0.280. The van der Waals surface area contributed by atoms with Gasteiger partial charge in [-0.25, -0.2) is 0 Å². The highest BCUT2D eigenvalue weighted by molar-refractivity contribution is 4.83. The molecule has 2 aliphatic rings. The van der Waals surface area contributed by atoms with Gasteiger partial charge in [0.25, 0.3) is 0 Å². The van der Waals surface area contributed by atoms with E-state index in [4.69, 9.17) is 35.0 Å². The van der Waals surface area contributed by atoms with E-state index >= 15 is 0 Å². The fourth-order valence-corrected chi connectivity index (χ4v) is 1.25. The minimum absolute atomic E-state index is 0.0312. The second-order valence-corrected chi connectivity index (χ2v) is 5.60. The Morgan fingerprint density at radius 3 is 1.24 bits per heavy atom. The van der Waals surface area contributed by atoms with Crippen LogP contribution in [0.4, 0.5) is 0 Å². The topological polar surface area (TPSA) is 120 Å². The Kier molecular flexibility index (Phi) is 11.2. The van der Waals surface area contributed by atoms with Crippen molar-refractivity contribution in [2.45, 2.75) is 19.8 Å². The van der Waals surface area contributed by atoms with Gasteiger partial charge < -0.3 is 35.0 Å². The molecule has 2 heterocycles. The normalized spacial score (nSPS) is 19.1. The van der Waals surface area contributed by atoms with Gasteiger partial charge in [0.05, 0.1) is 51.7 Å². The van der Waals surface area contributed by atoms with Crippen LogP contribution in [0, 0.1) is 10.8 Å². The van der Waals surface area contributed by atoms with Gasteiger partial charge in [0.1, 0.15) is 0 Å². The molecule has 0 radical (unpaired) electrons. The molecule has 0 spiro atoms. The van der Waals surface area contributed by atoms with Crippen LogP contribution >= 0.6 is 0 Å². The molecule has 128 valence electrons. The lowest BCUT2D eigenvalue weighted by atomic mass is 9.88. The van der Waals surface area contributed by atoms with Crippen molar-refractivity contribution in [2.75, 3.05) is 59.5 Å². The van der Waals surface area contributed by atoms with E-state index in [1.165, 1.54) is 6.42 Å². The number of ether oxygens (including phenoxy) is 2. The van der Waals surface area contributed by atoms with Gasteiger partial charge in [-0.3, -0.25) is 0 Å². The van der Waals surface area contributed by atoms with E-state index in [0.29, 0.717) is 19.6 Å². The fourth-order valence-electron chi connectivity index (χ4n) is 1.25. The third-order valence-corrected chi connectivity index (χ3v) is 3.82. The van der Waals surface area contributed by atoms with Gasteiger partial charge in [-0.2, -0.15) is 0 Å². The number of aliphatic hydroxyl groups excluding tert-OH is 5. The molecular formula is C14H30O7. The molecule has 5 N–H and O–H groups in total. The van der Waals surface area contributed by atoms with Gasteiger partial charge in [0, 0.05) is 18.6 Å². The summed E-state index contributed by atoms with van der Waals surface area (Å²) in [6, 6.07) is 0. The summed E-state index contributed by atoms with van der Waals surface area (Å²) in [7, 11) is 0. The molecule has 2 aliphatic heterocycles. The summed E-state index contributed by atoms with van der Waals surface area (Å²) < 4.78 is 9.52. The average molecular weight is 310 g/mol. The molecule has 0 saturated carbocycles. The highest BCUT2D eigenvalue weighted by atomic mass is 16.5. The lowest BCUT2D eigenvalue weighted by Gasteiger charge is -2.37. The first-order valence-corrected chi connectivity index (χ1v) is 7.27. The van der Waals surface area contributed by atoms with Crippen LogP contribution in [0.15, 0.2) is 0 Å². The number of aliphatic hydroxyl groups is 5. The van der Waals surface area contributed by atoms with E-state index in [9.17, 15) is 0 Å². The zero-order valence-corrected chi connectivity index (χ0v) is 12.8. The zero-order valence-electron chi connectivity index (χ0n) is 12.8. The summed E-state index contributed by atoms with van der Waals surface area (Å²) >= 11 is 0. The molecule has 0 aromatic rings. The molecule has 2 rings (SSSR count). The number of hydrogen-bond donors (Lipinski definition) is 5. The largest absolute Gasteiger partial charge is 0.396 e. The molecule has 0 unspecified atom stereocenters. The quantitative estimate of drug-likeness (QED) is 0.416. The standard InChI is InChI=1S/C6H14O3.C5H10O3.C3H6O/c1-2-6(3-7,4-8)5-9;6-1-5(2-7)3-8-4-5;1-2-4-3-1/h7-9H,2-5H2,1H3;6-7H,1-4H2;1-3H2. The molecule has 0 aliphatic carbocycles. The summed E-state index contributed by atoms with van der Waals surface area (Å²) in [4.78, 5) is 0. The predicted molar refractivity (Wildman–Crippen MR) is 76.8 cm³/mol. The minimum atomic E-state index is -0.667. The smallest absolute Gasteiger partial charge is 0.0632 e. The van der Waals surface area contributed by atoms with E-state index < -0.39 is 5.41 Å². The van der Waals surface area contributed by atoms with Crippen LogP contribution in [0.3, 0.4) is 0 Å². The molecule has 0 aromatic carbocycles. The van der Waals surface area contributed by atoms with Gasteiger partial charge in [-0.15, -0.1) is 0 Å². The van der Waals surface area contributed by atoms with Crippen LogP contribution in [0.2, 0.25) is 0 Å². The molecule has 0 bridgehead atoms. The van der Waals surface area contributed by atoms with Crippen molar-refractivity contribution in [1.29, 1.82) is 0 Å². The summed E-state index contributed by atoms with van der Waals surface area (Å²) in [6.45, 7) is 4.42. The number of rotatable bonds is 6. The van der Waals surface area contributed by atoms with Crippen molar-refractivity contribution < 1.29 is 35.0 Å². The van der Waals surface area contributed by atoms with Crippen molar-refractivity contribution in [2.24, 2.45) is 10.8 Å². The minimum Gasteiger partial charge on any atom is -0.396 e. The van der Waals surface area contributed by atoms with E-state index in [1.807, 2.05) is 6.92 Å². The first-order chi connectivity index (χ1) is 10.1. The Labute approximate surface area is 126 Å². The average Bonchev–Trinajstić information content (AvgIpc) is 2.41. The van der Waals surface area contributed by atoms with Crippen molar-refractivity contribution in [1.82, 2.24) is 0 Å². The molecule has 7 nitrogen and oxygen atoms in total. The molecular weight excluding hydrogens is 280 g/mol. The van der Waals surface area contributed by atoms with E-state index in [1.54, 1.807) is 0 Å². The maximum atomic E-state index is 8.66. The van der Waals surface area contributed by atoms with Gasteiger partial charge in [-0.05, 0) is 12.8 Å². The Bertz CT molecular complexity index is 200. The summed E-state index contributed by atoms with van der Waals surface area (Å²) in [5.41, 5.74) is -0.972. The predicted octanol–water partition coefficient (Wildman–Crippen LogP) is -1.25. The molecule has 2 saturated heterocycles. The van der Waals surface area contributed by atoms with Gasteiger partial charge >= 0.3 is 0 Å². The van der Waals surface area contributed by atoms with Crippen LogP contribution in [0.5, 0.6) is 0 Å². The first kappa shape index (κ1) is 20.7. The maximum Gasteiger partial charge on any atom is 0.0632 e. The molecule has 0 aromatic heterocycles. The van der Waals surface area contributed by atoms with Crippen molar-refractivity contribution in [3.8, 4) is 0 Å². The SMILES string of the molecule is C1COC1.CCC(CO)(CO)CO.OCC1(CO)COC1. The van der Waals surface area contributed by atoms with Crippen LogP contribution in [0.1, 0.15) is 19.8 Å². The monoisotopic (exact) mass is 310 g/mol. The highest BCUT2D eigenvalue weighted by Crippen LogP contribution is 2.25. The van der Waals surface area contributed by atoms with Gasteiger partial charge in [0.2, 0.25) is 0 Å². The summed E-state index contributed by atoms with van der Waals surface area (Å²) in [5.74, 6) is 0. The van der Waals surface area contributed by atoms with E-state index in [2.05, 4.69) is 0 Å². The molecule has 0 atom stereocenters. The van der Waals surface area contributed by atoms with Crippen molar-refractivity contribution >= 4 is 0 Å². The van der Waals surface area contributed by atoms with Crippen molar-refractivity contribution in [3.63, 3.8) is 0 Å². The van der Waals surface area contributed by atoms with Crippen LogP contribution in [0.25, 0.3) is 0 Å². The summed E-state index contributed by atoms with van der Waals surface area (Å²) in [6.07, 6.45) is 1.87. The zero-order chi connectivity index (χ0) is 16.2. The molecule has 21 heavy (non-hydrogen) atoms. The lowest BCUT2D eigenvalue weighted by molar-refractivity contribution is -0.157. The van der Waals surface area contributed by atoms with Crippen molar-refractivity contribution in [3.05, 3.63) is 0 Å². The van der Waals surface area contributed by atoms with Crippen LogP contribution < -0.4 is 0 Å². The second-order valence-electron chi connectivity index (χ2n) is 5.60.